The first-order valence-electron chi connectivity index (χ1n) is 4.55. The summed E-state index contributed by atoms with van der Waals surface area (Å²) in [4.78, 5) is 23.1. The van der Waals surface area contributed by atoms with Crippen LogP contribution in [0.1, 0.15) is 10.5 Å². The third-order valence-corrected chi connectivity index (χ3v) is 2.26. The van der Waals surface area contributed by atoms with Crippen molar-refractivity contribution in [1.29, 1.82) is 0 Å². The van der Waals surface area contributed by atoms with Gasteiger partial charge in [0.05, 0.1) is 24.3 Å². The summed E-state index contributed by atoms with van der Waals surface area (Å²) < 4.78 is 0. The standard InChI is InChI=1S/C10H6Cl2N4O/c11-8-2-1-6(3-14-8)16-10(17)7-4-15-9(12)5-13-7/h1-5H,(H,16,17). The van der Waals surface area contributed by atoms with Crippen LogP contribution in [0, 0.1) is 0 Å². The van der Waals surface area contributed by atoms with E-state index in [2.05, 4.69) is 20.3 Å². The summed E-state index contributed by atoms with van der Waals surface area (Å²) in [6.45, 7) is 0. The number of halogens is 2. The largest absolute Gasteiger partial charge is 0.319 e. The van der Waals surface area contributed by atoms with Crippen LogP contribution in [0.15, 0.2) is 30.7 Å². The molecule has 1 amide bonds. The molecule has 0 saturated heterocycles. The van der Waals surface area contributed by atoms with E-state index in [1.165, 1.54) is 18.6 Å². The number of rotatable bonds is 2. The molecule has 0 spiro atoms. The molecule has 2 heterocycles. The molecule has 5 nitrogen and oxygen atoms in total. The van der Waals surface area contributed by atoms with Gasteiger partial charge < -0.3 is 5.32 Å². The zero-order valence-corrected chi connectivity index (χ0v) is 9.90. The number of hydrogen-bond donors (Lipinski definition) is 1. The summed E-state index contributed by atoms with van der Waals surface area (Å²) in [6.07, 6.45) is 4.04. The normalized spacial score (nSPS) is 10.0. The van der Waals surface area contributed by atoms with E-state index in [9.17, 15) is 4.79 Å². The molecule has 0 radical (unpaired) electrons. The molecule has 0 aliphatic heterocycles. The van der Waals surface area contributed by atoms with Gasteiger partial charge in [0.2, 0.25) is 0 Å². The van der Waals surface area contributed by atoms with Crippen molar-refractivity contribution in [2.45, 2.75) is 0 Å². The Balaban J connectivity index is 2.11. The number of nitrogens with zero attached hydrogens (tertiary/aromatic N) is 3. The summed E-state index contributed by atoms with van der Waals surface area (Å²) in [5, 5.41) is 3.19. The minimum atomic E-state index is -0.390. The number of anilines is 1. The van der Waals surface area contributed by atoms with Gasteiger partial charge in [-0.2, -0.15) is 0 Å². The van der Waals surface area contributed by atoms with Gasteiger partial charge in [-0.1, -0.05) is 23.2 Å². The Labute approximate surface area is 107 Å². The topological polar surface area (TPSA) is 67.8 Å². The third-order valence-electron chi connectivity index (χ3n) is 1.84. The van der Waals surface area contributed by atoms with Gasteiger partial charge in [-0.15, -0.1) is 0 Å². The van der Waals surface area contributed by atoms with Crippen LogP contribution in [-0.4, -0.2) is 20.9 Å². The number of carbonyl (C=O) groups excluding carboxylic acids is 1. The van der Waals surface area contributed by atoms with E-state index in [0.29, 0.717) is 10.8 Å². The Kier molecular flexibility index (Phi) is 3.51. The first-order chi connectivity index (χ1) is 8.15. The first-order valence-corrected chi connectivity index (χ1v) is 5.31. The maximum absolute atomic E-state index is 11.7. The third kappa shape index (κ3) is 3.12. The van der Waals surface area contributed by atoms with Crippen LogP contribution < -0.4 is 5.32 Å². The van der Waals surface area contributed by atoms with Gasteiger partial charge in [0.25, 0.3) is 5.91 Å². The van der Waals surface area contributed by atoms with E-state index in [1.807, 2.05) is 0 Å². The summed E-state index contributed by atoms with van der Waals surface area (Å²) >= 11 is 11.2. The number of nitrogens with one attached hydrogen (secondary N) is 1. The number of amides is 1. The second-order valence-corrected chi connectivity index (χ2v) is 3.82. The van der Waals surface area contributed by atoms with E-state index < -0.39 is 5.91 Å². The van der Waals surface area contributed by atoms with E-state index in [0.717, 1.165) is 0 Å². The average molecular weight is 269 g/mol. The molecule has 2 aromatic rings. The summed E-state index contributed by atoms with van der Waals surface area (Å²) in [5.74, 6) is -0.390. The van der Waals surface area contributed by atoms with Crippen LogP contribution in [0.4, 0.5) is 5.69 Å². The molecule has 0 atom stereocenters. The average Bonchev–Trinajstić information content (AvgIpc) is 2.33. The maximum atomic E-state index is 11.7. The molecule has 1 N–H and O–H groups in total. The molecule has 2 rings (SSSR count). The van der Waals surface area contributed by atoms with Crippen molar-refractivity contribution in [3.8, 4) is 0 Å². The SMILES string of the molecule is O=C(Nc1ccc(Cl)nc1)c1cnc(Cl)cn1. The van der Waals surface area contributed by atoms with E-state index in [4.69, 9.17) is 23.2 Å². The summed E-state index contributed by atoms with van der Waals surface area (Å²) in [5.41, 5.74) is 0.695. The number of aromatic nitrogens is 3. The van der Waals surface area contributed by atoms with Gasteiger partial charge in [-0.3, -0.25) is 4.79 Å². The van der Waals surface area contributed by atoms with Gasteiger partial charge >= 0.3 is 0 Å². The molecule has 86 valence electrons. The van der Waals surface area contributed by atoms with Crippen molar-refractivity contribution in [2.24, 2.45) is 0 Å². The van der Waals surface area contributed by atoms with E-state index >= 15 is 0 Å². The van der Waals surface area contributed by atoms with Crippen molar-refractivity contribution in [3.63, 3.8) is 0 Å². The highest BCUT2D eigenvalue weighted by atomic mass is 35.5. The first kappa shape index (κ1) is 11.8. The molecule has 0 fully saturated rings. The zero-order chi connectivity index (χ0) is 12.3. The van der Waals surface area contributed by atoms with E-state index in [1.54, 1.807) is 12.1 Å². The van der Waals surface area contributed by atoms with Crippen molar-refractivity contribution in [1.82, 2.24) is 15.0 Å². The lowest BCUT2D eigenvalue weighted by Crippen LogP contribution is -2.14. The molecule has 0 saturated carbocycles. The second-order valence-electron chi connectivity index (χ2n) is 3.05. The lowest BCUT2D eigenvalue weighted by Gasteiger charge is -2.03. The molecule has 7 heteroatoms. The molecule has 0 unspecified atom stereocenters. The molecule has 0 aliphatic rings. The molecule has 0 bridgehead atoms. The summed E-state index contributed by atoms with van der Waals surface area (Å²) in [7, 11) is 0. The molecular formula is C10H6Cl2N4O. The Morgan fingerprint density at radius 2 is 1.76 bits per heavy atom. The van der Waals surface area contributed by atoms with Gasteiger partial charge in [-0.25, -0.2) is 15.0 Å². The Morgan fingerprint density at radius 1 is 1.00 bits per heavy atom. The summed E-state index contributed by atoms with van der Waals surface area (Å²) in [6, 6.07) is 3.21. The predicted molar refractivity (Wildman–Crippen MR) is 64.2 cm³/mol. The lowest BCUT2D eigenvalue weighted by molar-refractivity contribution is 0.102. The van der Waals surface area contributed by atoms with Crippen LogP contribution in [-0.2, 0) is 0 Å². The fourth-order valence-corrected chi connectivity index (χ4v) is 1.28. The monoisotopic (exact) mass is 268 g/mol. The molecule has 0 aromatic carbocycles. The Bertz CT molecular complexity index is 527. The van der Waals surface area contributed by atoms with Gasteiger partial charge in [-0.05, 0) is 12.1 Å². The number of pyridine rings is 1. The van der Waals surface area contributed by atoms with Crippen molar-refractivity contribution >= 4 is 34.8 Å². The fourth-order valence-electron chi connectivity index (χ4n) is 1.07. The highest BCUT2D eigenvalue weighted by molar-refractivity contribution is 6.29. The molecule has 2 aromatic heterocycles. The van der Waals surface area contributed by atoms with Crippen molar-refractivity contribution in [2.75, 3.05) is 5.32 Å². The minimum absolute atomic E-state index is 0.171. The quantitative estimate of drug-likeness (QED) is 0.850. The number of carbonyl (C=O) groups is 1. The Morgan fingerprint density at radius 3 is 2.35 bits per heavy atom. The smallest absolute Gasteiger partial charge is 0.275 e. The van der Waals surface area contributed by atoms with Crippen LogP contribution in [0.2, 0.25) is 10.3 Å². The fraction of sp³-hybridized carbons (Fsp3) is 0. The molecule has 0 aliphatic carbocycles. The minimum Gasteiger partial charge on any atom is -0.319 e. The lowest BCUT2D eigenvalue weighted by atomic mass is 10.3. The van der Waals surface area contributed by atoms with Crippen LogP contribution in [0.3, 0.4) is 0 Å². The highest BCUT2D eigenvalue weighted by Gasteiger charge is 2.08. The van der Waals surface area contributed by atoms with Crippen molar-refractivity contribution < 1.29 is 4.79 Å². The highest BCUT2D eigenvalue weighted by Crippen LogP contribution is 2.11. The molecular weight excluding hydrogens is 263 g/mol. The maximum Gasteiger partial charge on any atom is 0.275 e. The van der Waals surface area contributed by atoms with Crippen LogP contribution >= 0.6 is 23.2 Å². The zero-order valence-electron chi connectivity index (χ0n) is 8.39. The second kappa shape index (κ2) is 5.07. The van der Waals surface area contributed by atoms with E-state index in [-0.39, 0.29) is 10.8 Å². The van der Waals surface area contributed by atoms with Gasteiger partial charge in [0.15, 0.2) is 0 Å². The van der Waals surface area contributed by atoms with Gasteiger partial charge in [0.1, 0.15) is 16.0 Å². The molecule has 17 heavy (non-hydrogen) atoms. The van der Waals surface area contributed by atoms with Crippen LogP contribution in [0.5, 0.6) is 0 Å². The van der Waals surface area contributed by atoms with Crippen molar-refractivity contribution in [3.05, 3.63) is 46.7 Å². The van der Waals surface area contributed by atoms with Crippen LogP contribution in [0.25, 0.3) is 0 Å². The predicted octanol–water partition coefficient (Wildman–Crippen LogP) is 2.43. The van der Waals surface area contributed by atoms with Gasteiger partial charge in [0, 0.05) is 0 Å². The number of hydrogen-bond acceptors (Lipinski definition) is 4. The Hall–Kier alpha value is -1.72.